The Bertz CT molecular complexity index is 141. The highest BCUT2D eigenvalue weighted by molar-refractivity contribution is 14.1. The third kappa shape index (κ3) is 1.66. The van der Waals surface area contributed by atoms with Crippen LogP contribution >= 0.6 is 22.6 Å². The van der Waals surface area contributed by atoms with E-state index in [1.807, 2.05) is 0 Å². The maximum Gasteiger partial charge on any atom is 0.0166 e. The summed E-state index contributed by atoms with van der Waals surface area (Å²) >= 11 is 2.72. The molecule has 0 aromatic carbocycles. The van der Waals surface area contributed by atoms with E-state index in [9.17, 15) is 0 Å². The minimum absolute atomic E-state index is 1.03. The molecule has 0 aromatic heterocycles. The largest absolute Gasteiger partial charge is 0.0820 e. The second kappa shape index (κ2) is 3.85. The fourth-order valence-corrected chi connectivity index (χ4v) is 4.43. The Kier molecular flexibility index (Phi) is 2.98. The molecule has 0 amide bonds. The third-order valence-corrected chi connectivity index (χ3v) is 5.93. The minimum atomic E-state index is 1.03. The van der Waals surface area contributed by atoms with Crippen LogP contribution in [0.3, 0.4) is 0 Å². The quantitative estimate of drug-likeness (QED) is 0.502. The SMILES string of the molecule is CCC1CC2CCCC(C1)C2I. The van der Waals surface area contributed by atoms with Crippen LogP contribution in [0.15, 0.2) is 0 Å². The second-order valence-corrected chi connectivity index (χ2v) is 6.08. The van der Waals surface area contributed by atoms with E-state index in [0.29, 0.717) is 0 Å². The van der Waals surface area contributed by atoms with Crippen molar-refractivity contribution in [2.24, 2.45) is 17.8 Å². The van der Waals surface area contributed by atoms with E-state index in [2.05, 4.69) is 29.5 Å². The standard InChI is InChI=1S/C11H19I/c1-2-8-6-9-4-3-5-10(7-8)11(9)12/h8-11H,2-7H2,1H3. The Morgan fingerprint density at radius 2 is 1.75 bits per heavy atom. The first kappa shape index (κ1) is 9.29. The minimum Gasteiger partial charge on any atom is -0.0820 e. The Hall–Kier alpha value is 0.730. The summed E-state index contributed by atoms with van der Waals surface area (Å²) in [6.07, 6.45) is 9.09. The van der Waals surface area contributed by atoms with Gasteiger partial charge in [-0.25, -0.2) is 0 Å². The van der Waals surface area contributed by atoms with Crippen LogP contribution in [0.1, 0.15) is 45.4 Å². The molecule has 70 valence electrons. The first-order chi connectivity index (χ1) is 5.81. The number of halogens is 1. The van der Waals surface area contributed by atoms with E-state index < -0.39 is 0 Å². The highest BCUT2D eigenvalue weighted by Gasteiger charge is 2.37. The van der Waals surface area contributed by atoms with E-state index in [4.69, 9.17) is 0 Å². The van der Waals surface area contributed by atoms with Crippen LogP contribution in [0.5, 0.6) is 0 Å². The predicted molar refractivity (Wildman–Crippen MR) is 61.7 cm³/mol. The molecule has 12 heavy (non-hydrogen) atoms. The topological polar surface area (TPSA) is 0 Å². The van der Waals surface area contributed by atoms with Gasteiger partial charge in [-0.2, -0.15) is 0 Å². The zero-order valence-corrected chi connectivity index (χ0v) is 10.1. The number of alkyl halides is 1. The lowest BCUT2D eigenvalue weighted by Crippen LogP contribution is -2.36. The van der Waals surface area contributed by atoms with Gasteiger partial charge < -0.3 is 0 Å². The lowest BCUT2D eigenvalue weighted by Gasteiger charge is -2.43. The Balaban J connectivity index is 2.02. The van der Waals surface area contributed by atoms with Gasteiger partial charge in [0.15, 0.2) is 0 Å². The van der Waals surface area contributed by atoms with Crippen molar-refractivity contribution in [3.05, 3.63) is 0 Å². The van der Waals surface area contributed by atoms with Gasteiger partial charge in [0.25, 0.3) is 0 Å². The summed E-state index contributed by atoms with van der Waals surface area (Å²) in [4.78, 5) is 0. The molecule has 2 unspecified atom stereocenters. The van der Waals surface area contributed by atoms with Gasteiger partial charge >= 0.3 is 0 Å². The molecule has 0 spiro atoms. The maximum atomic E-state index is 2.72. The van der Waals surface area contributed by atoms with Gasteiger partial charge in [0, 0.05) is 3.92 Å². The molecule has 0 heterocycles. The molecule has 2 saturated carbocycles. The fraction of sp³-hybridized carbons (Fsp3) is 1.00. The Morgan fingerprint density at radius 1 is 1.17 bits per heavy atom. The first-order valence-electron chi connectivity index (χ1n) is 5.45. The van der Waals surface area contributed by atoms with E-state index in [1.54, 1.807) is 12.8 Å². The summed E-state index contributed by atoms with van der Waals surface area (Å²) in [6.45, 7) is 2.37. The lowest BCUT2D eigenvalue weighted by atomic mass is 9.67. The number of hydrogen-bond acceptors (Lipinski definition) is 0. The molecule has 2 atom stereocenters. The van der Waals surface area contributed by atoms with Gasteiger partial charge in [0.2, 0.25) is 0 Å². The van der Waals surface area contributed by atoms with Gasteiger partial charge in [-0.1, -0.05) is 42.4 Å². The van der Waals surface area contributed by atoms with Crippen molar-refractivity contribution < 1.29 is 0 Å². The number of fused-ring (bicyclic) bond motifs is 2. The van der Waals surface area contributed by atoms with Crippen LogP contribution in [0.25, 0.3) is 0 Å². The average molecular weight is 278 g/mol. The molecule has 2 bridgehead atoms. The average Bonchev–Trinajstić information content (AvgIpc) is 2.04. The summed E-state index contributed by atoms with van der Waals surface area (Å²) in [5, 5.41) is 0. The molecule has 1 heteroatoms. The van der Waals surface area contributed by atoms with Crippen molar-refractivity contribution >= 4 is 22.6 Å². The number of hydrogen-bond donors (Lipinski definition) is 0. The molecule has 2 aliphatic carbocycles. The molecular formula is C11H19I. The fourth-order valence-electron chi connectivity index (χ4n) is 3.13. The smallest absolute Gasteiger partial charge is 0.0166 e. The van der Waals surface area contributed by atoms with E-state index in [1.165, 1.54) is 25.7 Å². The van der Waals surface area contributed by atoms with Crippen molar-refractivity contribution in [1.29, 1.82) is 0 Å². The molecule has 0 nitrogen and oxygen atoms in total. The van der Waals surface area contributed by atoms with Crippen LogP contribution in [0.2, 0.25) is 0 Å². The van der Waals surface area contributed by atoms with E-state index >= 15 is 0 Å². The van der Waals surface area contributed by atoms with Crippen molar-refractivity contribution in [1.82, 2.24) is 0 Å². The Labute approximate surface area is 89.6 Å². The van der Waals surface area contributed by atoms with Crippen molar-refractivity contribution in [2.45, 2.75) is 49.4 Å². The van der Waals surface area contributed by atoms with E-state index in [0.717, 1.165) is 21.7 Å². The summed E-state index contributed by atoms with van der Waals surface area (Å²) in [5.74, 6) is 3.25. The monoisotopic (exact) mass is 278 g/mol. The lowest BCUT2D eigenvalue weighted by molar-refractivity contribution is 0.152. The van der Waals surface area contributed by atoms with Crippen molar-refractivity contribution in [3.8, 4) is 0 Å². The van der Waals surface area contributed by atoms with Crippen LogP contribution in [0.4, 0.5) is 0 Å². The van der Waals surface area contributed by atoms with Crippen LogP contribution < -0.4 is 0 Å². The van der Waals surface area contributed by atoms with Crippen LogP contribution in [-0.2, 0) is 0 Å². The molecule has 0 radical (unpaired) electrons. The summed E-state index contributed by atoms with van der Waals surface area (Å²) in [6, 6.07) is 0. The van der Waals surface area contributed by atoms with Crippen molar-refractivity contribution in [2.75, 3.05) is 0 Å². The highest BCUT2D eigenvalue weighted by atomic mass is 127. The summed E-state index contributed by atoms with van der Waals surface area (Å²) in [7, 11) is 0. The second-order valence-electron chi connectivity index (χ2n) is 4.64. The van der Waals surface area contributed by atoms with Crippen LogP contribution in [0, 0.1) is 17.8 Å². The molecule has 0 N–H and O–H groups in total. The zero-order chi connectivity index (χ0) is 8.55. The highest BCUT2D eigenvalue weighted by Crippen LogP contribution is 2.47. The van der Waals surface area contributed by atoms with Gasteiger partial charge in [-0.3, -0.25) is 0 Å². The van der Waals surface area contributed by atoms with Gasteiger partial charge in [0.1, 0.15) is 0 Å². The van der Waals surface area contributed by atoms with Gasteiger partial charge in [-0.05, 0) is 43.4 Å². The normalized spacial score (nSPS) is 47.5. The molecule has 2 aliphatic rings. The molecular weight excluding hydrogens is 259 g/mol. The first-order valence-corrected chi connectivity index (χ1v) is 6.70. The predicted octanol–water partition coefficient (Wildman–Crippen LogP) is 4.03. The van der Waals surface area contributed by atoms with Gasteiger partial charge in [0.05, 0.1) is 0 Å². The molecule has 0 aliphatic heterocycles. The molecule has 2 rings (SSSR count). The van der Waals surface area contributed by atoms with E-state index in [-0.39, 0.29) is 0 Å². The zero-order valence-electron chi connectivity index (χ0n) is 7.93. The van der Waals surface area contributed by atoms with Crippen molar-refractivity contribution in [3.63, 3.8) is 0 Å². The molecule has 0 aromatic rings. The summed E-state index contributed by atoms with van der Waals surface area (Å²) < 4.78 is 1.03. The van der Waals surface area contributed by atoms with Gasteiger partial charge in [-0.15, -0.1) is 0 Å². The number of rotatable bonds is 1. The third-order valence-electron chi connectivity index (χ3n) is 3.90. The maximum absolute atomic E-state index is 2.72. The molecule has 0 saturated heterocycles. The summed E-state index contributed by atoms with van der Waals surface area (Å²) in [5.41, 5.74) is 0. The Morgan fingerprint density at radius 3 is 2.25 bits per heavy atom. The molecule has 2 fully saturated rings. The van der Waals surface area contributed by atoms with Crippen LogP contribution in [-0.4, -0.2) is 3.92 Å².